The lowest BCUT2D eigenvalue weighted by Gasteiger charge is -2.36. The Morgan fingerprint density at radius 2 is 1.82 bits per heavy atom. The maximum Gasteiger partial charge on any atom is 0.269 e. The number of nitro benzene ring substituents is 1. The summed E-state index contributed by atoms with van der Waals surface area (Å²) in [4.78, 5) is 12.7. The molecule has 4 rings (SSSR count). The number of fused-ring (bicyclic) bond motifs is 3. The van der Waals surface area contributed by atoms with E-state index in [0.29, 0.717) is 0 Å². The van der Waals surface area contributed by atoms with Crippen molar-refractivity contribution < 1.29 is 13.3 Å². The molecule has 28 heavy (non-hydrogen) atoms. The van der Waals surface area contributed by atoms with Gasteiger partial charge < -0.3 is 4.90 Å². The Balaban J connectivity index is 0.00000225. The van der Waals surface area contributed by atoms with E-state index in [4.69, 9.17) is 0 Å². The van der Waals surface area contributed by atoms with Crippen LogP contribution in [0.5, 0.6) is 0 Å². The third kappa shape index (κ3) is 3.25. The van der Waals surface area contributed by atoms with E-state index in [1.807, 2.05) is 19.1 Å². The van der Waals surface area contributed by atoms with E-state index in [1.54, 1.807) is 4.31 Å². The number of benzene rings is 2. The Bertz CT molecular complexity index is 1010. The van der Waals surface area contributed by atoms with E-state index < -0.39 is 14.9 Å². The summed E-state index contributed by atoms with van der Waals surface area (Å²) in [6.45, 7) is 3.66. The molecular formula is C19H22ClN3O4S. The van der Waals surface area contributed by atoms with E-state index in [1.165, 1.54) is 24.3 Å². The van der Waals surface area contributed by atoms with Crippen molar-refractivity contribution in [2.45, 2.75) is 30.2 Å². The first-order valence-electron chi connectivity index (χ1n) is 8.87. The summed E-state index contributed by atoms with van der Waals surface area (Å²) >= 11 is 0. The van der Waals surface area contributed by atoms with Crippen LogP contribution in [0.3, 0.4) is 0 Å². The number of nitrogens with zero attached hydrogens (tertiary/aromatic N) is 3. The molecular weight excluding hydrogens is 402 g/mol. The number of non-ortho nitro benzene ring substituents is 1. The molecule has 150 valence electrons. The SMILES string of the molecule is Cc1ccc2c(c1)[C@@H]1CN(C)CC[C@@H]1N2S(=O)(=O)c1ccc([N+](=O)[O-])cc1.Cl. The molecule has 0 radical (unpaired) electrons. The van der Waals surface area contributed by atoms with Crippen LogP contribution in [0.2, 0.25) is 0 Å². The van der Waals surface area contributed by atoms with E-state index in [-0.39, 0.29) is 34.9 Å². The highest BCUT2D eigenvalue weighted by Crippen LogP contribution is 2.47. The molecule has 9 heteroatoms. The molecule has 2 aliphatic rings. The lowest BCUT2D eigenvalue weighted by Crippen LogP contribution is -2.47. The van der Waals surface area contributed by atoms with Crippen LogP contribution in [-0.4, -0.2) is 44.4 Å². The van der Waals surface area contributed by atoms with E-state index in [2.05, 4.69) is 18.0 Å². The van der Waals surface area contributed by atoms with Gasteiger partial charge in [0.1, 0.15) is 0 Å². The van der Waals surface area contributed by atoms with Crippen LogP contribution in [-0.2, 0) is 10.0 Å². The average Bonchev–Trinajstić information content (AvgIpc) is 2.95. The molecule has 2 aromatic rings. The number of aryl methyl sites for hydroxylation is 1. The molecule has 7 nitrogen and oxygen atoms in total. The van der Waals surface area contributed by atoms with Crippen LogP contribution in [0.15, 0.2) is 47.4 Å². The van der Waals surface area contributed by atoms with Crippen LogP contribution in [0.25, 0.3) is 0 Å². The topological polar surface area (TPSA) is 83.8 Å². The number of piperidine rings is 1. The Hall–Kier alpha value is -2.16. The first kappa shape index (κ1) is 20.6. The number of nitro groups is 1. The molecule has 0 N–H and O–H groups in total. The zero-order valence-corrected chi connectivity index (χ0v) is 17.2. The van der Waals surface area contributed by atoms with Gasteiger partial charge in [-0.2, -0.15) is 0 Å². The number of hydrogen-bond donors (Lipinski definition) is 0. The Morgan fingerprint density at radius 1 is 1.14 bits per heavy atom. The number of halogens is 1. The van der Waals surface area contributed by atoms with Crippen molar-refractivity contribution in [1.82, 2.24) is 4.90 Å². The molecule has 2 aromatic carbocycles. The summed E-state index contributed by atoms with van der Waals surface area (Å²) in [6.07, 6.45) is 0.751. The van der Waals surface area contributed by atoms with Gasteiger partial charge in [-0.15, -0.1) is 12.4 Å². The molecule has 0 bridgehead atoms. The molecule has 0 aliphatic carbocycles. The van der Waals surface area contributed by atoms with Crippen molar-refractivity contribution in [3.05, 3.63) is 63.7 Å². The van der Waals surface area contributed by atoms with E-state index >= 15 is 0 Å². The molecule has 0 spiro atoms. The quantitative estimate of drug-likeness (QED) is 0.558. The molecule has 0 saturated carbocycles. The van der Waals surface area contributed by atoms with Crippen LogP contribution in [0.4, 0.5) is 11.4 Å². The van der Waals surface area contributed by atoms with Crippen molar-refractivity contribution in [2.24, 2.45) is 0 Å². The summed E-state index contributed by atoms with van der Waals surface area (Å²) in [6, 6.07) is 10.9. The smallest absolute Gasteiger partial charge is 0.269 e. The summed E-state index contributed by atoms with van der Waals surface area (Å²) in [7, 11) is -1.75. The molecule has 1 fully saturated rings. The Kier molecular flexibility index (Phi) is 5.40. The fourth-order valence-electron chi connectivity index (χ4n) is 4.20. The second kappa shape index (κ2) is 7.35. The van der Waals surface area contributed by atoms with Crippen molar-refractivity contribution in [1.29, 1.82) is 0 Å². The van der Waals surface area contributed by atoms with E-state index in [9.17, 15) is 18.5 Å². The van der Waals surface area contributed by atoms with Crippen molar-refractivity contribution in [3.8, 4) is 0 Å². The van der Waals surface area contributed by atoms with Gasteiger partial charge in [-0.1, -0.05) is 17.7 Å². The summed E-state index contributed by atoms with van der Waals surface area (Å²) in [5.41, 5.74) is 2.78. The molecule has 1 saturated heterocycles. The number of sulfonamides is 1. The average molecular weight is 424 g/mol. The minimum absolute atomic E-state index is 0. The third-order valence-electron chi connectivity index (χ3n) is 5.50. The molecule has 2 aliphatic heterocycles. The molecule has 2 heterocycles. The van der Waals surface area contributed by atoms with Crippen LogP contribution >= 0.6 is 12.4 Å². The lowest BCUT2D eigenvalue weighted by atomic mass is 9.89. The number of hydrogen-bond acceptors (Lipinski definition) is 5. The number of likely N-dealkylation sites (tertiary alicyclic amines) is 1. The molecule has 2 atom stereocenters. The zero-order chi connectivity index (χ0) is 19.3. The first-order valence-corrected chi connectivity index (χ1v) is 10.3. The third-order valence-corrected chi connectivity index (χ3v) is 7.36. The van der Waals surface area contributed by atoms with Crippen LogP contribution in [0, 0.1) is 17.0 Å². The van der Waals surface area contributed by atoms with Crippen LogP contribution < -0.4 is 4.31 Å². The number of likely N-dealkylation sites (N-methyl/N-ethyl adjacent to an activating group) is 1. The van der Waals surface area contributed by atoms with Crippen molar-refractivity contribution in [2.75, 3.05) is 24.4 Å². The molecule has 0 amide bonds. The zero-order valence-electron chi connectivity index (χ0n) is 15.6. The van der Waals surface area contributed by atoms with Gasteiger partial charge in [0, 0.05) is 24.6 Å². The fourth-order valence-corrected chi connectivity index (χ4v) is 5.94. The van der Waals surface area contributed by atoms with Crippen molar-refractivity contribution in [3.63, 3.8) is 0 Å². The molecule has 0 unspecified atom stereocenters. The van der Waals surface area contributed by atoms with Gasteiger partial charge in [0.05, 0.1) is 21.5 Å². The fraction of sp³-hybridized carbons (Fsp3) is 0.368. The summed E-state index contributed by atoms with van der Waals surface area (Å²) in [5.74, 6) is 0.131. The van der Waals surface area contributed by atoms with Gasteiger partial charge in [-0.3, -0.25) is 14.4 Å². The highest BCUT2D eigenvalue weighted by Gasteiger charge is 2.46. The maximum atomic E-state index is 13.4. The van der Waals surface area contributed by atoms with Gasteiger partial charge in [-0.05, 0) is 50.7 Å². The predicted octanol–water partition coefficient (Wildman–Crippen LogP) is 3.32. The molecule has 0 aromatic heterocycles. The standard InChI is InChI=1S/C19H21N3O4S.ClH/c1-13-3-8-18-16(11-13)17-12-20(2)10-9-19(17)21(18)27(25,26)15-6-4-14(5-7-15)22(23)24;/h3-8,11,17,19H,9-10,12H2,1-2H3;1H/t17-,19-;/m0./s1. The van der Waals surface area contributed by atoms with Gasteiger partial charge in [-0.25, -0.2) is 8.42 Å². The van der Waals surface area contributed by atoms with Gasteiger partial charge >= 0.3 is 0 Å². The second-order valence-electron chi connectivity index (χ2n) is 7.34. The Morgan fingerprint density at radius 3 is 2.46 bits per heavy atom. The maximum absolute atomic E-state index is 13.4. The van der Waals surface area contributed by atoms with Crippen molar-refractivity contribution >= 4 is 33.8 Å². The number of anilines is 1. The summed E-state index contributed by atoms with van der Waals surface area (Å²) < 4.78 is 28.4. The summed E-state index contributed by atoms with van der Waals surface area (Å²) in [5, 5.41) is 10.9. The van der Waals surface area contributed by atoms with Gasteiger partial charge in [0.2, 0.25) is 0 Å². The monoisotopic (exact) mass is 423 g/mol. The minimum atomic E-state index is -3.80. The highest BCUT2D eigenvalue weighted by molar-refractivity contribution is 7.92. The minimum Gasteiger partial charge on any atom is -0.306 e. The van der Waals surface area contributed by atoms with Gasteiger partial charge in [0.25, 0.3) is 15.7 Å². The number of rotatable bonds is 3. The van der Waals surface area contributed by atoms with E-state index in [0.717, 1.165) is 36.3 Å². The normalized spacial score (nSPS) is 21.6. The predicted molar refractivity (Wildman–Crippen MR) is 110 cm³/mol. The Labute approximate surface area is 170 Å². The second-order valence-corrected chi connectivity index (χ2v) is 9.15. The van der Waals surface area contributed by atoms with Crippen LogP contribution in [0.1, 0.15) is 23.5 Å². The lowest BCUT2D eigenvalue weighted by molar-refractivity contribution is -0.384. The largest absolute Gasteiger partial charge is 0.306 e. The highest BCUT2D eigenvalue weighted by atomic mass is 35.5. The van der Waals surface area contributed by atoms with Gasteiger partial charge in [0.15, 0.2) is 0 Å². The first-order chi connectivity index (χ1) is 12.8.